The van der Waals surface area contributed by atoms with Gasteiger partial charge >= 0.3 is 0 Å². The van der Waals surface area contributed by atoms with E-state index in [-0.39, 0.29) is 18.3 Å². The molecule has 1 amide bonds. The highest BCUT2D eigenvalue weighted by Gasteiger charge is 2.42. The van der Waals surface area contributed by atoms with Gasteiger partial charge in [0.25, 0.3) is 5.91 Å². The normalized spacial score (nSPS) is 15.4. The molecule has 0 saturated carbocycles. The Balaban J connectivity index is 0.00000261. The van der Waals surface area contributed by atoms with Crippen molar-refractivity contribution in [1.82, 2.24) is 15.1 Å². The number of carbonyl (C=O) groups excluding carboxylic acids is 1. The number of rotatable bonds is 6. The third-order valence-corrected chi connectivity index (χ3v) is 4.72. The first kappa shape index (κ1) is 20.9. The maximum atomic E-state index is 13.2. The Morgan fingerprint density at radius 2 is 1.78 bits per heavy atom. The zero-order chi connectivity index (χ0) is 18.6. The predicted octanol–water partition coefficient (Wildman–Crippen LogP) is 2.05. The van der Waals surface area contributed by atoms with E-state index in [9.17, 15) is 4.79 Å². The molecular formula is C18H25ClN4O4. The van der Waals surface area contributed by atoms with E-state index in [0.29, 0.717) is 35.8 Å². The van der Waals surface area contributed by atoms with Crippen molar-refractivity contribution in [3.05, 3.63) is 30.6 Å². The van der Waals surface area contributed by atoms with Gasteiger partial charge in [-0.25, -0.2) is 0 Å². The molecule has 3 rings (SSSR count). The lowest BCUT2D eigenvalue weighted by Crippen LogP contribution is -2.52. The number of nitrogens with zero attached hydrogens (tertiary/aromatic N) is 2. The summed E-state index contributed by atoms with van der Waals surface area (Å²) in [6, 6.07) is 5.27. The Bertz CT molecular complexity index is 736. The Kier molecular flexibility index (Phi) is 6.92. The van der Waals surface area contributed by atoms with E-state index in [2.05, 4.69) is 15.7 Å². The molecule has 0 spiro atoms. The van der Waals surface area contributed by atoms with Gasteiger partial charge in [-0.2, -0.15) is 5.10 Å². The molecule has 1 aliphatic rings. The van der Waals surface area contributed by atoms with Crippen molar-refractivity contribution in [2.24, 2.45) is 0 Å². The van der Waals surface area contributed by atoms with Crippen LogP contribution >= 0.6 is 12.4 Å². The van der Waals surface area contributed by atoms with Crippen molar-refractivity contribution in [1.29, 1.82) is 0 Å². The molecular weight excluding hydrogens is 372 g/mol. The lowest BCUT2D eigenvalue weighted by molar-refractivity contribution is -0.126. The van der Waals surface area contributed by atoms with Crippen LogP contribution in [0.1, 0.15) is 12.8 Å². The van der Waals surface area contributed by atoms with Crippen LogP contribution in [-0.2, 0) is 10.3 Å². The third-order valence-electron chi connectivity index (χ3n) is 4.72. The van der Waals surface area contributed by atoms with Gasteiger partial charge in [-0.15, -0.1) is 12.4 Å². The molecule has 2 heterocycles. The second-order valence-electron chi connectivity index (χ2n) is 6.10. The maximum absolute atomic E-state index is 13.2. The van der Waals surface area contributed by atoms with Crippen molar-refractivity contribution in [2.75, 3.05) is 39.7 Å². The first-order valence-electron chi connectivity index (χ1n) is 8.47. The van der Waals surface area contributed by atoms with Gasteiger partial charge in [0, 0.05) is 30.2 Å². The van der Waals surface area contributed by atoms with Gasteiger partial charge in [-0.3, -0.25) is 9.48 Å². The summed E-state index contributed by atoms with van der Waals surface area (Å²) in [6.45, 7) is 1.51. The number of piperidine rings is 1. The van der Waals surface area contributed by atoms with Gasteiger partial charge < -0.3 is 24.8 Å². The highest BCUT2D eigenvalue weighted by Crippen LogP contribution is 2.40. The number of anilines is 1. The standard InChI is InChI=1S/C18H24N4O4.ClH/c1-24-14-11-13(12-15(25-2)16(14)26-3)21-17(23)18(5-8-19-9-6-18)22-10-4-7-20-22;/h4,7,10-12,19H,5-6,8-9H2,1-3H3,(H,21,23);1H. The van der Waals surface area contributed by atoms with Crippen molar-refractivity contribution >= 4 is 24.0 Å². The summed E-state index contributed by atoms with van der Waals surface area (Å²) in [5.74, 6) is 1.34. The lowest BCUT2D eigenvalue weighted by atomic mass is 9.87. The molecule has 0 bridgehead atoms. The number of ether oxygens (including phenoxy) is 3. The highest BCUT2D eigenvalue weighted by atomic mass is 35.5. The van der Waals surface area contributed by atoms with E-state index in [1.165, 1.54) is 0 Å². The fourth-order valence-electron chi connectivity index (χ4n) is 3.32. The number of aromatic nitrogens is 2. The molecule has 0 atom stereocenters. The molecule has 0 aliphatic carbocycles. The number of halogens is 1. The zero-order valence-corrected chi connectivity index (χ0v) is 16.5. The topological polar surface area (TPSA) is 86.6 Å². The SMILES string of the molecule is COc1cc(NC(=O)C2(n3cccn3)CCNCC2)cc(OC)c1OC.Cl. The van der Waals surface area contributed by atoms with Crippen molar-refractivity contribution in [3.8, 4) is 17.2 Å². The number of methoxy groups -OCH3 is 3. The van der Waals surface area contributed by atoms with Gasteiger partial charge in [0.15, 0.2) is 11.5 Å². The van der Waals surface area contributed by atoms with Gasteiger partial charge in [0.05, 0.1) is 21.3 Å². The molecule has 0 radical (unpaired) electrons. The largest absolute Gasteiger partial charge is 0.493 e. The summed E-state index contributed by atoms with van der Waals surface area (Å²) < 4.78 is 17.8. The molecule has 1 aromatic heterocycles. The van der Waals surface area contributed by atoms with E-state index < -0.39 is 5.54 Å². The number of nitrogens with one attached hydrogen (secondary N) is 2. The Morgan fingerprint density at radius 1 is 1.15 bits per heavy atom. The van der Waals surface area contributed by atoms with Crippen LogP contribution in [-0.4, -0.2) is 50.1 Å². The zero-order valence-electron chi connectivity index (χ0n) is 15.7. The first-order valence-corrected chi connectivity index (χ1v) is 8.47. The predicted molar refractivity (Wildman–Crippen MR) is 104 cm³/mol. The van der Waals surface area contributed by atoms with Crippen LogP contribution < -0.4 is 24.8 Å². The number of benzene rings is 1. The Labute approximate surface area is 164 Å². The molecule has 148 valence electrons. The highest BCUT2D eigenvalue weighted by molar-refractivity contribution is 5.97. The van der Waals surface area contributed by atoms with Crippen LogP contribution in [0.2, 0.25) is 0 Å². The van der Waals surface area contributed by atoms with E-state index in [1.54, 1.807) is 44.3 Å². The third kappa shape index (κ3) is 3.96. The van der Waals surface area contributed by atoms with Crippen LogP contribution in [0.3, 0.4) is 0 Å². The molecule has 27 heavy (non-hydrogen) atoms. The van der Waals surface area contributed by atoms with E-state index in [1.807, 2.05) is 12.3 Å². The maximum Gasteiger partial charge on any atom is 0.252 e. The number of hydrogen-bond donors (Lipinski definition) is 2. The van der Waals surface area contributed by atoms with Gasteiger partial charge in [-0.1, -0.05) is 0 Å². The fourth-order valence-corrected chi connectivity index (χ4v) is 3.32. The first-order chi connectivity index (χ1) is 12.6. The van der Waals surface area contributed by atoms with Crippen LogP contribution in [0, 0.1) is 0 Å². The number of amides is 1. The molecule has 0 unspecified atom stereocenters. The average Bonchev–Trinajstić information content (AvgIpc) is 3.23. The molecule has 9 heteroatoms. The number of hydrogen-bond acceptors (Lipinski definition) is 6. The minimum absolute atomic E-state index is 0. The second-order valence-corrected chi connectivity index (χ2v) is 6.10. The molecule has 8 nitrogen and oxygen atoms in total. The Morgan fingerprint density at radius 3 is 2.26 bits per heavy atom. The summed E-state index contributed by atoms with van der Waals surface area (Å²) >= 11 is 0. The summed E-state index contributed by atoms with van der Waals surface area (Å²) in [5.41, 5.74) is -0.149. The van der Waals surface area contributed by atoms with E-state index >= 15 is 0 Å². The van der Waals surface area contributed by atoms with Gasteiger partial charge in [0.2, 0.25) is 5.75 Å². The quantitative estimate of drug-likeness (QED) is 0.777. The molecule has 1 fully saturated rings. The summed E-state index contributed by atoms with van der Waals surface area (Å²) in [6.07, 6.45) is 4.84. The van der Waals surface area contributed by atoms with Crippen LogP contribution in [0.25, 0.3) is 0 Å². The van der Waals surface area contributed by atoms with Crippen molar-refractivity contribution in [3.63, 3.8) is 0 Å². The molecule has 1 saturated heterocycles. The summed E-state index contributed by atoms with van der Waals surface area (Å²) in [4.78, 5) is 13.2. The van der Waals surface area contributed by atoms with E-state index in [0.717, 1.165) is 13.1 Å². The molecule has 2 N–H and O–H groups in total. The number of carbonyl (C=O) groups is 1. The van der Waals surface area contributed by atoms with Gasteiger partial charge in [0.1, 0.15) is 5.54 Å². The smallest absolute Gasteiger partial charge is 0.252 e. The average molecular weight is 397 g/mol. The monoisotopic (exact) mass is 396 g/mol. The molecule has 2 aromatic rings. The Hall–Kier alpha value is -2.45. The summed E-state index contributed by atoms with van der Waals surface area (Å²) in [7, 11) is 4.63. The van der Waals surface area contributed by atoms with Crippen molar-refractivity contribution < 1.29 is 19.0 Å². The van der Waals surface area contributed by atoms with E-state index in [4.69, 9.17) is 14.2 Å². The fraction of sp³-hybridized carbons (Fsp3) is 0.444. The lowest BCUT2D eigenvalue weighted by Gasteiger charge is -2.36. The second kappa shape index (κ2) is 8.96. The van der Waals surface area contributed by atoms with Crippen LogP contribution in [0.15, 0.2) is 30.6 Å². The molecule has 1 aromatic carbocycles. The van der Waals surface area contributed by atoms with Crippen LogP contribution in [0.5, 0.6) is 17.2 Å². The summed E-state index contributed by atoms with van der Waals surface area (Å²) in [5, 5.41) is 10.6. The van der Waals surface area contributed by atoms with Crippen LogP contribution in [0.4, 0.5) is 5.69 Å². The van der Waals surface area contributed by atoms with Gasteiger partial charge in [-0.05, 0) is 32.0 Å². The minimum atomic E-state index is -0.727. The molecule has 1 aliphatic heterocycles. The minimum Gasteiger partial charge on any atom is -0.493 e. The van der Waals surface area contributed by atoms with Crippen molar-refractivity contribution in [2.45, 2.75) is 18.4 Å².